The minimum Gasteiger partial charge on any atom is -0.336 e. The van der Waals surface area contributed by atoms with Gasteiger partial charge in [-0.2, -0.15) is 10.5 Å². The van der Waals surface area contributed by atoms with Gasteiger partial charge in [0, 0.05) is 29.8 Å². The van der Waals surface area contributed by atoms with Crippen LogP contribution in [0.25, 0.3) is 0 Å². The highest BCUT2D eigenvalue weighted by Gasteiger charge is 2.19. The molecule has 0 saturated carbocycles. The summed E-state index contributed by atoms with van der Waals surface area (Å²) in [4.78, 5) is 19.0. The minimum absolute atomic E-state index is 0.157. The fraction of sp³-hybridized carbons (Fsp3) is 0.143. The van der Waals surface area contributed by atoms with Gasteiger partial charge in [0.05, 0.1) is 35.8 Å². The number of benzene rings is 2. The van der Waals surface area contributed by atoms with Gasteiger partial charge in [-0.05, 0) is 51.8 Å². The van der Waals surface area contributed by atoms with Crippen molar-refractivity contribution in [2.45, 2.75) is 13.1 Å². The van der Waals surface area contributed by atoms with E-state index in [4.69, 9.17) is 10.5 Å². The van der Waals surface area contributed by atoms with Crippen LogP contribution >= 0.6 is 15.9 Å². The minimum atomic E-state index is -0.157. The zero-order valence-corrected chi connectivity index (χ0v) is 16.7. The van der Waals surface area contributed by atoms with Gasteiger partial charge in [0.15, 0.2) is 0 Å². The normalized spacial score (nSPS) is 10.1. The molecule has 3 rings (SSSR count). The van der Waals surface area contributed by atoms with Crippen LogP contribution in [0.5, 0.6) is 0 Å². The summed E-state index contributed by atoms with van der Waals surface area (Å²) in [6.45, 7) is 0.764. The molecule has 6 nitrogen and oxygen atoms in total. The van der Waals surface area contributed by atoms with Crippen LogP contribution in [0.2, 0.25) is 0 Å². The number of amides is 1. The molecule has 0 saturated heterocycles. The molecule has 1 aromatic heterocycles. The van der Waals surface area contributed by atoms with Gasteiger partial charge in [-0.15, -0.1) is 0 Å². The lowest BCUT2D eigenvalue weighted by Crippen LogP contribution is -2.31. The largest absolute Gasteiger partial charge is 0.336 e. The SMILES string of the molecule is Cn1cncc1CN(Cc1ccc(C#N)cc1)C(=O)c1ccc(C#N)c(Br)c1. The van der Waals surface area contributed by atoms with E-state index in [1.54, 1.807) is 47.8 Å². The lowest BCUT2D eigenvalue weighted by atomic mass is 10.1. The number of rotatable bonds is 5. The van der Waals surface area contributed by atoms with Gasteiger partial charge in [-0.25, -0.2) is 4.98 Å². The number of carbonyl (C=O) groups is 1. The molecule has 0 aliphatic rings. The predicted octanol–water partition coefficient (Wildman–Crippen LogP) is 3.77. The Labute approximate surface area is 171 Å². The number of hydrogen-bond donors (Lipinski definition) is 0. The van der Waals surface area contributed by atoms with Crippen LogP contribution in [0.4, 0.5) is 0 Å². The number of carbonyl (C=O) groups excluding carboxylic acids is 1. The smallest absolute Gasteiger partial charge is 0.254 e. The van der Waals surface area contributed by atoms with E-state index >= 15 is 0 Å². The van der Waals surface area contributed by atoms with Crippen LogP contribution < -0.4 is 0 Å². The topological polar surface area (TPSA) is 85.7 Å². The van der Waals surface area contributed by atoms with E-state index in [9.17, 15) is 4.79 Å². The highest BCUT2D eigenvalue weighted by molar-refractivity contribution is 9.10. The third-order valence-corrected chi connectivity index (χ3v) is 5.01. The molecule has 0 aliphatic carbocycles. The van der Waals surface area contributed by atoms with Crippen LogP contribution in [0.15, 0.2) is 59.5 Å². The van der Waals surface area contributed by atoms with Crippen LogP contribution in [0.1, 0.15) is 32.7 Å². The average molecular weight is 434 g/mol. The molecule has 0 unspecified atom stereocenters. The lowest BCUT2D eigenvalue weighted by Gasteiger charge is -2.23. The first-order valence-corrected chi connectivity index (χ1v) is 9.24. The Morgan fingerprint density at radius 3 is 2.46 bits per heavy atom. The van der Waals surface area contributed by atoms with Gasteiger partial charge >= 0.3 is 0 Å². The molecule has 0 aliphatic heterocycles. The number of halogens is 1. The monoisotopic (exact) mass is 433 g/mol. The second kappa shape index (κ2) is 8.51. The van der Waals surface area contributed by atoms with E-state index in [0.29, 0.717) is 34.3 Å². The second-order valence-corrected chi connectivity index (χ2v) is 7.13. The summed E-state index contributed by atoms with van der Waals surface area (Å²) in [5.41, 5.74) is 3.35. The maximum Gasteiger partial charge on any atom is 0.254 e. The van der Waals surface area contributed by atoms with E-state index in [1.807, 2.05) is 23.7 Å². The summed E-state index contributed by atoms with van der Waals surface area (Å²) in [5.74, 6) is -0.157. The molecule has 0 atom stereocenters. The van der Waals surface area contributed by atoms with E-state index in [0.717, 1.165) is 11.3 Å². The number of imidazole rings is 1. The third-order valence-electron chi connectivity index (χ3n) is 4.35. The van der Waals surface area contributed by atoms with E-state index < -0.39 is 0 Å². The molecule has 0 N–H and O–H groups in total. The quantitative estimate of drug-likeness (QED) is 0.612. The molecule has 7 heteroatoms. The van der Waals surface area contributed by atoms with Gasteiger partial charge < -0.3 is 9.47 Å². The zero-order chi connectivity index (χ0) is 20.1. The molecule has 0 fully saturated rings. The number of nitrogens with zero attached hydrogens (tertiary/aromatic N) is 5. The average Bonchev–Trinajstić information content (AvgIpc) is 3.12. The molecule has 28 heavy (non-hydrogen) atoms. The number of hydrogen-bond acceptors (Lipinski definition) is 4. The van der Waals surface area contributed by atoms with Crippen LogP contribution in [0.3, 0.4) is 0 Å². The van der Waals surface area contributed by atoms with Gasteiger partial charge in [-0.1, -0.05) is 12.1 Å². The number of nitriles is 2. The Morgan fingerprint density at radius 2 is 1.89 bits per heavy atom. The Bertz CT molecular complexity index is 1090. The van der Waals surface area contributed by atoms with Gasteiger partial charge in [0.2, 0.25) is 0 Å². The van der Waals surface area contributed by atoms with Gasteiger partial charge in [0.25, 0.3) is 5.91 Å². The van der Waals surface area contributed by atoms with Crippen molar-refractivity contribution in [1.29, 1.82) is 10.5 Å². The molecule has 138 valence electrons. The van der Waals surface area contributed by atoms with Crippen molar-refractivity contribution in [3.05, 3.63) is 87.4 Å². The Balaban J connectivity index is 1.91. The Kier molecular flexibility index (Phi) is 5.88. The van der Waals surface area contributed by atoms with Crippen molar-refractivity contribution in [1.82, 2.24) is 14.5 Å². The summed E-state index contributed by atoms with van der Waals surface area (Å²) in [6, 6.07) is 16.3. The molecular weight excluding hydrogens is 418 g/mol. The number of aromatic nitrogens is 2. The maximum atomic E-state index is 13.2. The van der Waals surface area contributed by atoms with Crippen molar-refractivity contribution in [2.75, 3.05) is 0 Å². The van der Waals surface area contributed by atoms with Crippen molar-refractivity contribution in [2.24, 2.45) is 7.05 Å². The highest BCUT2D eigenvalue weighted by atomic mass is 79.9. The predicted molar refractivity (Wildman–Crippen MR) is 107 cm³/mol. The Hall–Kier alpha value is -3.42. The highest BCUT2D eigenvalue weighted by Crippen LogP contribution is 2.21. The summed E-state index contributed by atoms with van der Waals surface area (Å²) in [5, 5.41) is 18.1. The molecule has 3 aromatic rings. The van der Waals surface area contributed by atoms with E-state index in [2.05, 4.69) is 33.1 Å². The van der Waals surface area contributed by atoms with Gasteiger partial charge in [0.1, 0.15) is 6.07 Å². The summed E-state index contributed by atoms with van der Waals surface area (Å²) >= 11 is 3.34. The maximum absolute atomic E-state index is 13.2. The van der Waals surface area contributed by atoms with Crippen molar-refractivity contribution < 1.29 is 4.79 Å². The summed E-state index contributed by atoms with van der Waals surface area (Å²) < 4.78 is 2.45. The molecule has 0 radical (unpaired) electrons. The van der Waals surface area contributed by atoms with Crippen molar-refractivity contribution in [3.63, 3.8) is 0 Å². The first-order chi connectivity index (χ1) is 13.5. The second-order valence-electron chi connectivity index (χ2n) is 6.27. The first kappa shape index (κ1) is 19.3. The van der Waals surface area contributed by atoms with E-state index in [1.165, 1.54) is 0 Å². The molecule has 1 heterocycles. The molecule has 0 bridgehead atoms. The van der Waals surface area contributed by atoms with E-state index in [-0.39, 0.29) is 5.91 Å². The standard InChI is InChI=1S/C21H16BrN5O/c1-26-14-25-11-19(26)13-27(12-16-4-2-15(9-23)3-5-16)21(28)17-6-7-18(10-24)20(22)8-17/h2-8,11,14H,12-13H2,1H3. The molecule has 0 spiro atoms. The van der Waals surface area contributed by atoms with Crippen LogP contribution in [-0.4, -0.2) is 20.4 Å². The molecular formula is C21H16BrN5O. The fourth-order valence-corrected chi connectivity index (χ4v) is 3.23. The number of aryl methyl sites for hydroxylation is 1. The molecule has 2 aromatic carbocycles. The molecule has 1 amide bonds. The fourth-order valence-electron chi connectivity index (χ4n) is 2.76. The summed E-state index contributed by atoms with van der Waals surface area (Å²) in [7, 11) is 1.88. The summed E-state index contributed by atoms with van der Waals surface area (Å²) in [6.07, 6.45) is 3.42. The van der Waals surface area contributed by atoms with Crippen molar-refractivity contribution >= 4 is 21.8 Å². The lowest BCUT2D eigenvalue weighted by molar-refractivity contribution is 0.0726. The van der Waals surface area contributed by atoms with Crippen LogP contribution in [-0.2, 0) is 20.1 Å². The van der Waals surface area contributed by atoms with Crippen molar-refractivity contribution in [3.8, 4) is 12.1 Å². The van der Waals surface area contributed by atoms with Crippen LogP contribution in [0, 0.1) is 22.7 Å². The third kappa shape index (κ3) is 4.28. The Morgan fingerprint density at radius 1 is 1.14 bits per heavy atom. The first-order valence-electron chi connectivity index (χ1n) is 8.45. The van der Waals surface area contributed by atoms with Gasteiger partial charge in [-0.3, -0.25) is 4.79 Å². The zero-order valence-electron chi connectivity index (χ0n) is 15.1.